The zero-order valence-corrected chi connectivity index (χ0v) is 11.1. The number of benzene rings is 1. The molecule has 0 radical (unpaired) electrons. The molecule has 1 aromatic carbocycles. The molecule has 0 bridgehead atoms. The molecular formula is C15H19NO3. The highest BCUT2D eigenvalue weighted by atomic mass is 16.5. The van der Waals surface area contributed by atoms with E-state index in [2.05, 4.69) is 5.16 Å². The minimum atomic E-state index is -0.377. The second kappa shape index (κ2) is 6.36. The highest BCUT2D eigenvalue weighted by molar-refractivity contribution is 5.93. The standard InChI is InChI=1S/C15H19NO3/c1-19-15(17)14(11-7-3-2-4-8-11)12-9-5-6-10-13(12)16-18/h2-4,7-8,12,14,18H,5-6,9-10H2,1H3/b16-13+. The minimum Gasteiger partial charge on any atom is -0.469 e. The Kier molecular flexibility index (Phi) is 4.55. The van der Waals surface area contributed by atoms with Gasteiger partial charge in [-0.05, 0) is 24.8 Å². The van der Waals surface area contributed by atoms with E-state index < -0.39 is 0 Å². The van der Waals surface area contributed by atoms with E-state index in [1.54, 1.807) is 0 Å². The van der Waals surface area contributed by atoms with Crippen LogP contribution in [0.25, 0.3) is 0 Å². The largest absolute Gasteiger partial charge is 0.469 e. The fourth-order valence-corrected chi connectivity index (χ4v) is 2.83. The molecule has 0 amide bonds. The van der Waals surface area contributed by atoms with Crippen LogP contribution >= 0.6 is 0 Å². The molecule has 0 spiro atoms. The third kappa shape index (κ3) is 2.95. The predicted molar refractivity (Wildman–Crippen MR) is 72.4 cm³/mol. The topological polar surface area (TPSA) is 58.9 Å². The van der Waals surface area contributed by atoms with E-state index in [1.165, 1.54) is 7.11 Å². The summed E-state index contributed by atoms with van der Waals surface area (Å²) in [5, 5.41) is 12.5. The summed E-state index contributed by atoms with van der Waals surface area (Å²) in [7, 11) is 1.40. The number of oxime groups is 1. The summed E-state index contributed by atoms with van der Waals surface area (Å²) in [4.78, 5) is 12.1. The summed E-state index contributed by atoms with van der Waals surface area (Å²) in [6.07, 6.45) is 3.66. The van der Waals surface area contributed by atoms with Crippen LogP contribution in [0.2, 0.25) is 0 Å². The molecule has 19 heavy (non-hydrogen) atoms. The van der Waals surface area contributed by atoms with Gasteiger partial charge in [0, 0.05) is 5.92 Å². The average molecular weight is 261 g/mol. The van der Waals surface area contributed by atoms with Crippen LogP contribution in [0.1, 0.15) is 37.2 Å². The van der Waals surface area contributed by atoms with E-state index in [-0.39, 0.29) is 17.8 Å². The third-order valence-electron chi connectivity index (χ3n) is 3.77. The molecule has 1 N–H and O–H groups in total. The van der Waals surface area contributed by atoms with Gasteiger partial charge in [-0.15, -0.1) is 0 Å². The first-order valence-electron chi connectivity index (χ1n) is 6.61. The molecule has 1 fully saturated rings. The Morgan fingerprint density at radius 2 is 2.11 bits per heavy atom. The first-order valence-corrected chi connectivity index (χ1v) is 6.61. The summed E-state index contributed by atoms with van der Waals surface area (Å²) in [5.74, 6) is -0.703. The molecule has 2 unspecified atom stereocenters. The maximum absolute atomic E-state index is 12.1. The molecule has 2 rings (SSSR count). The van der Waals surface area contributed by atoms with Crippen LogP contribution in [0.15, 0.2) is 35.5 Å². The first-order chi connectivity index (χ1) is 9.27. The lowest BCUT2D eigenvalue weighted by atomic mass is 9.75. The maximum Gasteiger partial charge on any atom is 0.313 e. The normalized spacial score (nSPS) is 23.0. The van der Waals surface area contributed by atoms with Crippen molar-refractivity contribution < 1.29 is 14.7 Å². The maximum atomic E-state index is 12.1. The smallest absolute Gasteiger partial charge is 0.313 e. The van der Waals surface area contributed by atoms with Crippen molar-refractivity contribution in [1.29, 1.82) is 0 Å². The molecule has 4 heteroatoms. The lowest BCUT2D eigenvalue weighted by Gasteiger charge is -2.29. The SMILES string of the molecule is COC(=O)C(c1ccccc1)C1CCCC/C1=N\O. The van der Waals surface area contributed by atoms with Crippen LogP contribution in [-0.2, 0) is 9.53 Å². The predicted octanol–water partition coefficient (Wildman–Crippen LogP) is 2.96. The van der Waals surface area contributed by atoms with Gasteiger partial charge in [0.1, 0.15) is 0 Å². The van der Waals surface area contributed by atoms with Crippen molar-refractivity contribution in [2.24, 2.45) is 11.1 Å². The van der Waals surface area contributed by atoms with Gasteiger partial charge in [-0.1, -0.05) is 41.9 Å². The number of rotatable bonds is 3. The highest BCUT2D eigenvalue weighted by Gasteiger charge is 2.35. The van der Waals surface area contributed by atoms with Gasteiger partial charge in [0.15, 0.2) is 0 Å². The van der Waals surface area contributed by atoms with Crippen molar-refractivity contribution in [3.05, 3.63) is 35.9 Å². The van der Waals surface area contributed by atoms with Crippen molar-refractivity contribution in [3.63, 3.8) is 0 Å². The van der Waals surface area contributed by atoms with Crippen LogP contribution in [0.4, 0.5) is 0 Å². The van der Waals surface area contributed by atoms with E-state index in [4.69, 9.17) is 9.94 Å². The van der Waals surface area contributed by atoms with E-state index in [0.29, 0.717) is 5.71 Å². The fraction of sp³-hybridized carbons (Fsp3) is 0.467. The Morgan fingerprint density at radius 3 is 2.74 bits per heavy atom. The minimum absolute atomic E-state index is 0.0615. The van der Waals surface area contributed by atoms with E-state index in [9.17, 15) is 4.79 Å². The van der Waals surface area contributed by atoms with Crippen molar-refractivity contribution in [2.75, 3.05) is 7.11 Å². The Labute approximate surface area is 113 Å². The molecule has 1 aromatic rings. The summed E-state index contributed by atoms with van der Waals surface area (Å²) >= 11 is 0. The van der Waals surface area contributed by atoms with Gasteiger partial charge in [0.05, 0.1) is 18.7 Å². The number of carbonyl (C=O) groups is 1. The van der Waals surface area contributed by atoms with Gasteiger partial charge in [-0.2, -0.15) is 0 Å². The average Bonchev–Trinajstić information content (AvgIpc) is 2.49. The third-order valence-corrected chi connectivity index (χ3v) is 3.77. The number of carbonyl (C=O) groups excluding carboxylic acids is 1. The molecule has 2 atom stereocenters. The van der Waals surface area contributed by atoms with E-state index in [0.717, 1.165) is 31.2 Å². The Hall–Kier alpha value is -1.84. The lowest BCUT2D eigenvalue weighted by molar-refractivity contribution is -0.143. The monoisotopic (exact) mass is 261 g/mol. The number of esters is 1. The molecule has 1 aliphatic rings. The van der Waals surface area contributed by atoms with Crippen LogP contribution in [0.5, 0.6) is 0 Å². The van der Waals surface area contributed by atoms with Gasteiger partial charge < -0.3 is 9.94 Å². The second-order valence-electron chi connectivity index (χ2n) is 4.86. The Balaban J connectivity index is 2.35. The van der Waals surface area contributed by atoms with E-state index >= 15 is 0 Å². The Morgan fingerprint density at radius 1 is 1.37 bits per heavy atom. The summed E-state index contributed by atoms with van der Waals surface area (Å²) in [5.41, 5.74) is 1.63. The van der Waals surface area contributed by atoms with Crippen molar-refractivity contribution >= 4 is 11.7 Å². The highest BCUT2D eigenvalue weighted by Crippen LogP contribution is 2.35. The zero-order chi connectivity index (χ0) is 13.7. The van der Waals surface area contributed by atoms with Gasteiger partial charge in [-0.25, -0.2) is 0 Å². The lowest BCUT2D eigenvalue weighted by Crippen LogP contribution is -2.31. The van der Waals surface area contributed by atoms with Gasteiger partial charge in [0.2, 0.25) is 0 Å². The Bertz CT molecular complexity index is 456. The number of nitrogens with zero attached hydrogens (tertiary/aromatic N) is 1. The zero-order valence-electron chi connectivity index (χ0n) is 11.1. The van der Waals surface area contributed by atoms with Crippen LogP contribution in [0.3, 0.4) is 0 Å². The molecule has 0 aliphatic heterocycles. The fourth-order valence-electron chi connectivity index (χ4n) is 2.83. The quantitative estimate of drug-likeness (QED) is 0.517. The van der Waals surface area contributed by atoms with Crippen LogP contribution < -0.4 is 0 Å². The number of hydrogen-bond donors (Lipinski definition) is 1. The number of methoxy groups -OCH3 is 1. The van der Waals surface area contributed by atoms with Crippen molar-refractivity contribution in [3.8, 4) is 0 Å². The summed E-state index contributed by atoms with van der Waals surface area (Å²) < 4.78 is 4.94. The first kappa shape index (κ1) is 13.6. The molecule has 1 saturated carbocycles. The van der Waals surface area contributed by atoms with Gasteiger partial charge in [0.25, 0.3) is 0 Å². The number of ether oxygens (including phenoxy) is 1. The van der Waals surface area contributed by atoms with Crippen LogP contribution in [-0.4, -0.2) is 24.0 Å². The molecule has 0 saturated heterocycles. The summed E-state index contributed by atoms with van der Waals surface area (Å²) in [6, 6.07) is 9.57. The number of hydrogen-bond acceptors (Lipinski definition) is 4. The molecule has 4 nitrogen and oxygen atoms in total. The molecule has 0 heterocycles. The van der Waals surface area contributed by atoms with E-state index in [1.807, 2.05) is 30.3 Å². The molecule has 1 aliphatic carbocycles. The van der Waals surface area contributed by atoms with Crippen LogP contribution in [0, 0.1) is 5.92 Å². The van der Waals surface area contributed by atoms with Gasteiger partial charge >= 0.3 is 5.97 Å². The van der Waals surface area contributed by atoms with Crippen molar-refractivity contribution in [2.45, 2.75) is 31.6 Å². The van der Waals surface area contributed by atoms with Crippen molar-refractivity contribution in [1.82, 2.24) is 0 Å². The molecule has 102 valence electrons. The second-order valence-corrected chi connectivity index (χ2v) is 4.86. The molecular weight excluding hydrogens is 242 g/mol. The molecule has 0 aromatic heterocycles. The van der Waals surface area contributed by atoms with Gasteiger partial charge in [-0.3, -0.25) is 4.79 Å². The summed E-state index contributed by atoms with van der Waals surface area (Å²) in [6.45, 7) is 0.